The smallest absolute Gasteiger partial charge is 0.0294 e. The van der Waals surface area contributed by atoms with Gasteiger partial charge >= 0.3 is 0 Å². The highest BCUT2D eigenvalue weighted by Crippen LogP contribution is 2.34. The number of nitrogens with zero attached hydrogens (tertiary/aromatic N) is 1. The van der Waals surface area contributed by atoms with Gasteiger partial charge in [-0.15, -0.1) is 0 Å². The van der Waals surface area contributed by atoms with Crippen molar-refractivity contribution in [2.45, 2.75) is 53.5 Å². The van der Waals surface area contributed by atoms with Crippen LogP contribution in [0, 0.1) is 17.3 Å². The molecule has 1 nitrogen and oxygen atoms in total. The summed E-state index contributed by atoms with van der Waals surface area (Å²) in [7, 11) is 0. The summed E-state index contributed by atoms with van der Waals surface area (Å²) in [6.07, 6.45) is 4.71. The highest BCUT2D eigenvalue weighted by atomic mass is 32.2. The standard InChI is InChI=1S/C16H31NS/c1-12-8-15(11-18-7)14(3)17(10-12)13(2)9-16(4,5)6/h12,14-15H,2,8-11H2,1,3-7H3. The van der Waals surface area contributed by atoms with Crippen LogP contribution in [0.2, 0.25) is 0 Å². The highest BCUT2D eigenvalue weighted by Gasteiger charge is 2.32. The Kier molecular flexibility index (Phi) is 5.64. The molecule has 0 aliphatic carbocycles. The second-order valence-electron chi connectivity index (χ2n) is 7.25. The van der Waals surface area contributed by atoms with Crippen molar-refractivity contribution in [3.8, 4) is 0 Å². The van der Waals surface area contributed by atoms with E-state index >= 15 is 0 Å². The first-order valence-corrected chi connectivity index (χ1v) is 8.57. The Bertz CT molecular complexity index is 279. The van der Waals surface area contributed by atoms with E-state index in [2.05, 4.69) is 52.4 Å². The zero-order chi connectivity index (χ0) is 13.9. The largest absolute Gasteiger partial charge is 0.372 e. The third-order valence-corrected chi connectivity index (χ3v) is 4.67. The zero-order valence-corrected chi connectivity index (χ0v) is 13.9. The summed E-state index contributed by atoms with van der Waals surface area (Å²) in [4.78, 5) is 2.58. The van der Waals surface area contributed by atoms with Gasteiger partial charge in [0, 0.05) is 18.3 Å². The van der Waals surface area contributed by atoms with Crippen LogP contribution in [0.15, 0.2) is 12.3 Å². The summed E-state index contributed by atoms with van der Waals surface area (Å²) in [6, 6.07) is 0.656. The minimum atomic E-state index is 0.340. The van der Waals surface area contributed by atoms with Crippen LogP contribution in [-0.2, 0) is 0 Å². The number of likely N-dealkylation sites (tertiary alicyclic amines) is 1. The lowest BCUT2D eigenvalue weighted by Gasteiger charge is -2.45. The molecule has 2 heteroatoms. The summed E-state index contributed by atoms with van der Waals surface area (Å²) in [5, 5.41) is 0. The third-order valence-electron chi connectivity index (χ3n) is 3.91. The Morgan fingerprint density at radius 2 is 1.94 bits per heavy atom. The average molecular weight is 269 g/mol. The lowest BCUT2D eigenvalue weighted by Crippen LogP contribution is -2.47. The van der Waals surface area contributed by atoms with E-state index in [-0.39, 0.29) is 0 Å². The summed E-state index contributed by atoms with van der Waals surface area (Å²) in [6.45, 7) is 17.2. The summed E-state index contributed by atoms with van der Waals surface area (Å²) in [5.74, 6) is 2.90. The number of thioether (sulfide) groups is 1. The second kappa shape index (κ2) is 6.36. The molecule has 18 heavy (non-hydrogen) atoms. The van der Waals surface area contributed by atoms with Gasteiger partial charge in [0.05, 0.1) is 0 Å². The van der Waals surface area contributed by atoms with Crippen LogP contribution in [0.5, 0.6) is 0 Å². The average Bonchev–Trinajstić information content (AvgIpc) is 2.20. The van der Waals surface area contributed by atoms with Crippen LogP contribution in [0.1, 0.15) is 47.5 Å². The van der Waals surface area contributed by atoms with Gasteiger partial charge in [-0.1, -0.05) is 34.3 Å². The summed E-state index contributed by atoms with van der Waals surface area (Å²) in [5.41, 5.74) is 1.68. The van der Waals surface area contributed by atoms with E-state index in [1.165, 1.54) is 24.4 Å². The zero-order valence-electron chi connectivity index (χ0n) is 13.1. The molecule has 0 spiro atoms. The van der Waals surface area contributed by atoms with Gasteiger partial charge in [-0.05, 0) is 49.0 Å². The molecule has 0 bridgehead atoms. The predicted molar refractivity (Wildman–Crippen MR) is 85.0 cm³/mol. The minimum Gasteiger partial charge on any atom is -0.372 e. The normalized spacial score (nSPS) is 29.4. The van der Waals surface area contributed by atoms with Gasteiger partial charge in [-0.2, -0.15) is 11.8 Å². The molecule has 1 rings (SSSR count). The van der Waals surface area contributed by atoms with Crippen molar-refractivity contribution < 1.29 is 0 Å². The number of piperidine rings is 1. The molecule has 0 aromatic heterocycles. The van der Waals surface area contributed by atoms with Crippen molar-refractivity contribution in [3.05, 3.63) is 12.3 Å². The van der Waals surface area contributed by atoms with Crippen LogP contribution in [-0.4, -0.2) is 29.5 Å². The number of hydrogen-bond donors (Lipinski definition) is 0. The SMILES string of the molecule is C=C(CC(C)(C)C)N1CC(C)CC(CSC)C1C. The monoisotopic (exact) mass is 269 g/mol. The van der Waals surface area contributed by atoms with Gasteiger partial charge < -0.3 is 4.90 Å². The van der Waals surface area contributed by atoms with E-state index in [0.29, 0.717) is 11.5 Å². The second-order valence-corrected chi connectivity index (χ2v) is 8.16. The first-order chi connectivity index (χ1) is 8.24. The lowest BCUT2D eigenvalue weighted by molar-refractivity contribution is 0.106. The van der Waals surface area contributed by atoms with Gasteiger partial charge in [-0.3, -0.25) is 0 Å². The van der Waals surface area contributed by atoms with Crippen LogP contribution < -0.4 is 0 Å². The van der Waals surface area contributed by atoms with Gasteiger partial charge in [0.2, 0.25) is 0 Å². The van der Waals surface area contributed by atoms with E-state index in [1.54, 1.807) is 0 Å². The minimum absolute atomic E-state index is 0.340. The van der Waals surface area contributed by atoms with Crippen molar-refractivity contribution >= 4 is 11.8 Å². The summed E-state index contributed by atoms with van der Waals surface area (Å²) < 4.78 is 0. The fourth-order valence-electron chi connectivity index (χ4n) is 3.10. The van der Waals surface area contributed by atoms with Gasteiger partial charge in [0.1, 0.15) is 0 Å². The first kappa shape index (κ1) is 15.9. The molecule has 1 heterocycles. The van der Waals surface area contributed by atoms with E-state index < -0.39 is 0 Å². The van der Waals surface area contributed by atoms with Crippen molar-refractivity contribution in [2.24, 2.45) is 17.3 Å². The topological polar surface area (TPSA) is 3.24 Å². The van der Waals surface area contributed by atoms with Crippen molar-refractivity contribution in [1.29, 1.82) is 0 Å². The van der Waals surface area contributed by atoms with E-state index in [0.717, 1.165) is 18.3 Å². The molecule has 3 atom stereocenters. The van der Waals surface area contributed by atoms with E-state index in [1.807, 2.05) is 11.8 Å². The Morgan fingerprint density at radius 3 is 2.44 bits per heavy atom. The van der Waals surface area contributed by atoms with Gasteiger partial charge in [-0.25, -0.2) is 0 Å². The molecule has 0 aromatic carbocycles. The molecule has 106 valence electrons. The van der Waals surface area contributed by atoms with Crippen molar-refractivity contribution in [1.82, 2.24) is 4.90 Å². The molecule has 1 saturated heterocycles. The maximum atomic E-state index is 4.36. The Hall–Kier alpha value is -0.110. The molecule has 0 radical (unpaired) electrons. The van der Waals surface area contributed by atoms with E-state index in [4.69, 9.17) is 0 Å². The fourth-order valence-corrected chi connectivity index (χ4v) is 3.94. The number of hydrogen-bond acceptors (Lipinski definition) is 2. The van der Waals surface area contributed by atoms with Gasteiger partial charge in [0.25, 0.3) is 0 Å². The molecule has 0 aromatic rings. The number of allylic oxidation sites excluding steroid dienone is 1. The maximum Gasteiger partial charge on any atom is 0.0294 e. The highest BCUT2D eigenvalue weighted by molar-refractivity contribution is 7.98. The molecule has 1 aliphatic heterocycles. The molecule has 0 N–H and O–H groups in total. The van der Waals surface area contributed by atoms with Crippen LogP contribution in [0.4, 0.5) is 0 Å². The molecule has 3 unspecified atom stereocenters. The Morgan fingerprint density at radius 1 is 1.33 bits per heavy atom. The van der Waals surface area contributed by atoms with Gasteiger partial charge in [0.15, 0.2) is 0 Å². The fraction of sp³-hybridized carbons (Fsp3) is 0.875. The lowest BCUT2D eigenvalue weighted by atomic mass is 9.83. The molecular weight excluding hydrogens is 238 g/mol. The summed E-state index contributed by atoms with van der Waals surface area (Å²) >= 11 is 1.98. The predicted octanol–water partition coefficient (Wildman–Crippen LogP) is 4.65. The van der Waals surface area contributed by atoms with Crippen molar-refractivity contribution in [2.75, 3.05) is 18.6 Å². The molecule has 0 amide bonds. The van der Waals surface area contributed by atoms with Crippen LogP contribution in [0.3, 0.4) is 0 Å². The quantitative estimate of drug-likeness (QED) is 0.731. The van der Waals surface area contributed by atoms with E-state index in [9.17, 15) is 0 Å². The maximum absolute atomic E-state index is 4.36. The van der Waals surface area contributed by atoms with Crippen LogP contribution in [0.25, 0.3) is 0 Å². The Balaban J connectivity index is 2.70. The first-order valence-electron chi connectivity index (χ1n) is 7.18. The molecule has 1 fully saturated rings. The Labute approximate surface area is 118 Å². The third kappa shape index (κ3) is 4.53. The molecular formula is C16H31NS. The molecule has 0 saturated carbocycles. The van der Waals surface area contributed by atoms with Crippen molar-refractivity contribution in [3.63, 3.8) is 0 Å². The molecule has 1 aliphatic rings. The van der Waals surface area contributed by atoms with Crippen LogP contribution >= 0.6 is 11.8 Å². The number of rotatable bonds is 4.